The van der Waals surface area contributed by atoms with Crippen molar-refractivity contribution in [2.45, 2.75) is 160 Å². The quantitative estimate of drug-likeness (QED) is 0.0852. The zero-order valence-electron chi connectivity index (χ0n) is 45.9. The number of rotatable bonds is 13. The second-order valence-corrected chi connectivity index (χ2v) is 22.6. The van der Waals surface area contributed by atoms with Gasteiger partial charge in [-0.3, -0.25) is 4.79 Å². The van der Waals surface area contributed by atoms with Crippen LogP contribution in [-0.2, 0) is 17.4 Å². The summed E-state index contributed by atoms with van der Waals surface area (Å²) in [5, 5.41) is 1.70. The van der Waals surface area contributed by atoms with Crippen LogP contribution in [0.3, 0.4) is 0 Å². The normalized spacial score (nSPS) is 11.8. The van der Waals surface area contributed by atoms with E-state index in [4.69, 9.17) is 0 Å². The largest absolute Gasteiger partial charge is 0.340 e. The number of aryl methyl sites for hydroxylation is 9. The molecule has 4 heteroatoms. The third-order valence-corrected chi connectivity index (χ3v) is 14.2. The first-order chi connectivity index (χ1) is 33.7. The SMILES string of the molecule is CCCCCCCCn1c2ccc(C)cc2c(=O)c2cc(C)ccc21.Cc1ccc(N(c2ccc(N(c3ccc(C)cc3)c3c(C)cc(C(C)(C)C)cc3C)cc2)c2c(C)cc(C(C)(C)C)cc2C)cc1. The van der Waals surface area contributed by atoms with Crippen molar-refractivity contribution in [2.24, 2.45) is 0 Å². The van der Waals surface area contributed by atoms with Crippen LogP contribution in [0.25, 0.3) is 21.8 Å². The van der Waals surface area contributed by atoms with E-state index in [9.17, 15) is 4.79 Å². The van der Waals surface area contributed by atoms with Gasteiger partial charge in [0.2, 0.25) is 0 Å². The second kappa shape index (κ2) is 21.9. The van der Waals surface area contributed by atoms with E-state index >= 15 is 0 Å². The molecule has 0 atom stereocenters. The Morgan fingerprint density at radius 2 is 0.704 bits per heavy atom. The highest BCUT2D eigenvalue weighted by Gasteiger charge is 2.24. The first-order valence-electron chi connectivity index (χ1n) is 26.3. The molecule has 1 heterocycles. The minimum atomic E-state index is 0.0885. The Hall–Kier alpha value is -6.39. The topological polar surface area (TPSA) is 28.5 Å². The Bertz CT molecular complexity index is 2930. The molecule has 0 fully saturated rings. The van der Waals surface area contributed by atoms with E-state index in [-0.39, 0.29) is 16.3 Å². The Balaban J connectivity index is 0.000000249. The standard InChI is InChI=1S/C44H52N2.C23H29NO/c1-29-13-17-37(18-14-29)45(41-31(3)25-35(26-32(41)4)43(7,8)9)39-21-23-40(24-22-39)46(38-19-15-30(2)16-20-38)42-33(5)27-36(28-34(42)6)44(10,11)12;1-4-5-6-7-8-9-14-24-21-12-10-17(2)15-19(21)23(25)20-16-18(3)11-13-22(20)24/h13-28H,1-12H3;10-13,15-16H,4-9,14H2,1-3H3. The summed E-state index contributed by atoms with van der Waals surface area (Å²) in [5.74, 6) is 0. The highest BCUT2D eigenvalue weighted by molar-refractivity contribution is 5.94. The summed E-state index contributed by atoms with van der Waals surface area (Å²) in [6.07, 6.45) is 7.68. The van der Waals surface area contributed by atoms with Crippen molar-refractivity contribution < 1.29 is 0 Å². The van der Waals surface area contributed by atoms with Crippen molar-refractivity contribution in [3.05, 3.63) is 199 Å². The fraction of sp³-hybridized carbons (Fsp3) is 0.358. The lowest BCUT2D eigenvalue weighted by Gasteiger charge is -2.32. The summed E-state index contributed by atoms with van der Waals surface area (Å²) in [6.45, 7) is 34.4. The van der Waals surface area contributed by atoms with E-state index in [1.54, 1.807) is 0 Å². The van der Waals surface area contributed by atoms with Gasteiger partial charge in [-0.25, -0.2) is 0 Å². The zero-order valence-corrected chi connectivity index (χ0v) is 45.9. The maximum absolute atomic E-state index is 13.0. The molecule has 0 aliphatic carbocycles. The van der Waals surface area contributed by atoms with Crippen LogP contribution in [-0.4, -0.2) is 4.57 Å². The molecule has 0 saturated carbocycles. The lowest BCUT2D eigenvalue weighted by Crippen LogP contribution is -2.17. The van der Waals surface area contributed by atoms with Crippen LogP contribution in [0.15, 0.2) is 138 Å². The third kappa shape index (κ3) is 12.0. The maximum Gasteiger partial charge on any atom is 0.197 e. The van der Waals surface area contributed by atoms with E-state index in [2.05, 4.69) is 240 Å². The highest BCUT2D eigenvalue weighted by atomic mass is 16.1. The molecule has 0 radical (unpaired) electrons. The van der Waals surface area contributed by atoms with Gasteiger partial charge in [0.25, 0.3) is 0 Å². The van der Waals surface area contributed by atoms with Crippen LogP contribution in [0.1, 0.15) is 143 Å². The first kappa shape index (κ1) is 52.4. The number of hydrogen-bond donors (Lipinski definition) is 0. The molecule has 8 rings (SSSR count). The van der Waals surface area contributed by atoms with Crippen molar-refractivity contribution in [1.82, 2.24) is 4.57 Å². The van der Waals surface area contributed by atoms with E-state index in [0.29, 0.717) is 0 Å². The molecule has 1 aromatic heterocycles. The minimum absolute atomic E-state index is 0.0885. The molecular weight excluding hydrogens is 863 g/mol. The summed E-state index contributed by atoms with van der Waals surface area (Å²) in [7, 11) is 0. The number of unbranched alkanes of at least 4 members (excludes halogenated alkanes) is 5. The van der Waals surface area contributed by atoms with Crippen LogP contribution in [0, 0.1) is 55.4 Å². The molecule has 0 bridgehead atoms. The number of aromatic nitrogens is 1. The van der Waals surface area contributed by atoms with Crippen molar-refractivity contribution in [3.63, 3.8) is 0 Å². The molecule has 0 saturated heterocycles. The Morgan fingerprint density at radius 3 is 1.04 bits per heavy atom. The third-order valence-electron chi connectivity index (χ3n) is 14.2. The predicted octanol–water partition coefficient (Wildman–Crippen LogP) is 19.2. The monoisotopic (exact) mass is 944 g/mol. The fourth-order valence-electron chi connectivity index (χ4n) is 10.1. The van der Waals surface area contributed by atoms with E-state index < -0.39 is 0 Å². The Morgan fingerprint density at radius 1 is 0.394 bits per heavy atom. The van der Waals surface area contributed by atoms with Gasteiger partial charge in [-0.15, -0.1) is 0 Å². The summed E-state index contributed by atoms with van der Waals surface area (Å²) in [4.78, 5) is 17.8. The smallest absolute Gasteiger partial charge is 0.197 e. The number of benzene rings is 7. The summed E-state index contributed by atoms with van der Waals surface area (Å²) in [6, 6.07) is 48.9. The molecule has 4 nitrogen and oxygen atoms in total. The second-order valence-electron chi connectivity index (χ2n) is 22.6. The molecule has 370 valence electrons. The Labute approximate surface area is 427 Å². The zero-order chi connectivity index (χ0) is 51.4. The van der Waals surface area contributed by atoms with Gasteiger partial charge in [0.05, 0.1) is 22.4 Å². The fourth-order valence-corrected chi connectivity index (χ4v) is 10.1. The molecule has 71 heavy (non-hydrogen) atoms. The molecule has 0 amide bonds. The molecular formula is C67H81N3O. The van der Waals surface area contributed by atoms with Crippen molar-refractivity contribution in [3.8, 4) is 0 Å². The van der Waals surface area contributed by atoms with E-state index in [1.165, 1.54) is 94.4 Å². The van der Waals surface area contributed by atoms with Crippen LogP contribution in [0.2, 0.25) is 0 Å². The van der Waals surface area contributed by atoms with Gasteiger partial charge in [-0.05, 0) is 179 Å². The number of nitrogens with zero attached hydrogens (tertiary/aromatic N) is 3. The van der Waals surface area contributed by atoms with Gasteiger partial charge in [-0.2, -0.15) is 0 Å². The van der Waals surface area contributed by atoms with Gasteiger partial charge < -0.3 is 14.4 Å². The molecule has 0 aliphatic rings. The lowest BCUT2D eigenvalue weighted by atomic mass is 9.84. The molecule has 0 aliphatic heterocycles. The average Bonchev–Trinajstić information content (AvgIpc) is 3.31. The predicted molar refractivity (Wildman–Crippen MR) is 310 cm³/mol. The summed E-state index contributed by atoms with van der Waals surface area (Å²) in [5.41, 5.74) is 22.2. The highest BCUT2D eigenvalue weighted by Crippen LogP contribution is 2.44. The number of hydrogen-bond acceptors (Lipinski definition) is 3. The average molecular weight is 944 g/mol. The number of anilines is 6. The molecule has 0 spiro atoms. The van der Waals surface area contributed by atoms with E-state index in [0.717, 1.165) is 62.2 Å². The first-order valence-corrected chi connectivity index (χ1v) is 26.3. The van der Waals surface area contributed by atoms with Gasteiger partial charge >= 0.3 is 0 Å². The Kier molecular flexibility index (Phi) is 16.2. The number of fused-ring (bicyclic) bond motifs is 2. The van der Waals surface area contributed by atoms with Crippen molar-refractivity contribution in [1.29, 1.82) is 0 Å². The summed E-state index contributed by atoms with van der Waals surface area (Å²) >= 11 is 0. The van der Waals surface area contributed by atoms with E-state index in [1.807, 2.05) is 12.1 Å². The molecule has 7 aromatic carbocycles. The van der Waals surface area contributed by atoms with Gasteiger partial charge in [0, 0.05) is 40.1 Å². The van der Waals surface area contributed by atoms with Gasteiger partial charge in [0.1, 0.15) is 0 Å². The van der Waals surface area contributed by atoms with Crippen molar-refractivity contribution in [2.75, 3.05) is 9.80 Å². The molecule has 8 aromatic rings. The number of pyridine rings is 1. The summed E-state index contributed by atoms with van der Waals surface area (Å²) < 4.78 is 2.35. The van der Waals surface area contributed by atoms with Gasteiger partial charge in [-0.1, -0.05) is 163 Å². The maximum atomic E-state index is 13.0. The van der Waals surface area contributed by atoms with Crippen molar-refractivity contribution >= 4 is 55.9 Å². The minimum Gasteiger partial charge on any atom is -0.340 e. The molecule has 0 unspecified atom stereocenters. The van der Waals surface area contributed by atoms with Crippen LogP contribution < -0.4 is 15.2 Å². The molecule has 0 N–H and O–H groups in total. The van der Waals surface area contributed by atoms with Crippen LogP contribution in [0.4, 0.5) is 34.1 Å². The van der Waals surface area contributed by atoms with Crippen LogP contribution >= 0.6 is 0 Å². The van der Waals surface area contributed by atoms with Crippen LogP contribution in [0.5, 0.6) is 0 Å². The lowest BCUT2D eigenvalue weighted by molar-refractivity contribution is 0.570. The van der Waals surface area contributed by atoms with Gasteiger partial charge in [0.15, 0.2) is 5.43 Å².